The third kappa shape index (κ3) is 7.66. The largest absolute Gasteiger partial charge is 0.483 e. The van der Waals surface area contributed by atoms with Crippen LogP contribution in [0.3, 0.4) is 0 Å². The molecule has 0 aliphatic heterocycles. The summed E-state index contributed by atoms with van der Waals surface area (Å²) in [6.45, 7) is 12.0. The smallest absolute Gasteiger partial charge is 0.261 e. The molecule has 0 heterocycles. The number of halogens is 1. The van der Waals surface area contributed by atoms with Gasteiger partial charge in [-0.25, -0.2) is 0 Å². The van der Waals surface area contributed by atoms with Gasteiger partial charge in [-0.2, -0.15) is 0 Å². The van der Waals surface area contributed by atoms with Gasteiger partial charge in [-0.1, -0.05) is 49.7 Å². The summed E-state index contributed by atoms with van der Waals surface area (Å²) in [6.07, 6.45) is 1.43. The molecule has 1 unspecified atom stereocenters. The van der Waals surface area contributed by atoms with E-state index in [0.29, 0.717) is 18.7 Å². The van der Waals surface area contributed by atoms with E-state index in [9.17, 15) is 9.59 Å². The summed E-state index contributed by atoms with van der Waals surface area (Å²) < 4.78 is 6.65. The molecule has 2 rings (SSSR count). The van der Waals surface area contributed by atoms with Gasteiger partial charge in [0.1, 0.15) is 11.8 Å². The van der Waals surface area contributed by atoms with Gasteiger partial charge in [0.05, 0.1) is 4.47 Å². The fraction of sp³-hybridized carbons (Fsp3) is 0.462. The van der Waals surface area contributed by atoms with Crippen molar-refractivity contribution in [1.82, 2.24) is 10.2 Å². The molecule has 0 saturated carbocycles. The van der Waals surface area contributed by atoms with Gasteiger partial charge < -0.3 is 15.0 Å². The molecule has 0 spiro atoms. The minimum absolute atomic E-state index is 0.144. The van der Waals surface area contributed by atoms with Gasteiger partial charge in [-0.15, -0.1) is 0 Å². The van der Waals surface area contributed by atoms with Crippen molar-refractivity contribution in [2.45, 2.75) is 72.5 Å². The van der Waals surface area contributed by atoms with E-state index < -0.39 is 6.04 Å². The maximum Gasteiger partial charge on any atom is 0.261 e. The number of benzene rings is 2. The number of hydrogen-bond donors (Lipinski definition) is 1. The van der Waals surface area contributed by atoms with Crippen LogP contribution in [0.15, 0.2) is 46.9 Å². The summed E-state index contributed by atoms with van der Waals surface area (Å²) in [5.41, 5.74) is 2.92. The van der Waals surface area contributed by atoms with Crippen LogP contribution in [0.4, 0.5) is 0 Å². The Bertz CT molecular complexity index is 920. The highest BCUT2D eigenvalue weighted by molar-refractivity contribution is 9.10. The summed E-state index contributed by atoms with van der Waals surface area (Å²) in [5, 5.41) is 3.01. The Morgan fingerprint density at radius 1 is 1.06 bits per heavy atom. The monoisotopic (exact) mass is 502 g/mol. The molecule has 5 nitrogen and oxygen atoms in total. The second kappa shape index (κ2) is 11.5. The van der Waals surface area contributed by atoms with E-state index in [1.807, 2.05) is 77.1 Å². The Morgan fingerprint density at radius 2 is 1.69 bits per heavy atom. The first kappa shape index (κ1) is 25.9. The molecule has 0 aliphatic carbocycles. The lowest BCUT2D eigenvalue weighted by Crippen LogP contribution is -2.54. The molecule has 2 aromatic rings. The SMILES string of the molecule is CCc1ccc(OCC(=O)N(Cc2ccc(C)cc2)C(CC)C(=O)NC(C)(C)C)c(Br)c1. The molecule has 2 aromatic carbocycles. The normalized spacial score (nSPS) is 12.2. The quantitative estimate of drug-likeness (QED) is 0.497. The predicted octanol–water partition coefficient (Wildman–Crippen LogP) is 5.42. The van der Waals surface area contributed by atoms with Crippen molar-refractivity contribution in [3.63, 3.8) is 0 Å². The average Bonchev–Trinajstić information content (AvgIpc) is 2.72. The Balaban J connectivity index is 2.24. The van der Waals surface area contributed by atoms with Crippen LogP contribution in [0.2, 0.25) is 0 Å². The Morgan fingerprint density at radius 3 is 2.22 bits per heavy atom. The lowest BCUT2D eigenvalue weighted by Gasteiger charge is -2.33. The van der Waals surface area contributed by atoms with E-state index in [-0.39, 0.29) is 24.0 Å². The lowest BCUT2D eigenvalue weighted by molar-refractivity contribution is -0.143. The maximum absolute atomic E-state index is 13.3. The van der Waals surface area contributed by atoms with Crippen LogP contribution in [0.5, 0.6) is 5.75 Å². The molecule has 0 radical (unpaired) electrons. The van der Waals surface area contributed by atoms with Gasteiger partial charge in [0.2, 0.25) is 5.91 Å². The molecule has 0 bridgehead atoms. The summed E-state index contributed by atoms with van der Waals surface area (Å²) in [5.74, 6) is 0.222. The fourth-order valence-electron chi connectivity index (χ4n) is 3.37. The van der Waals surface area contributed by atoms with Crippen LogP contribution in [-0.4, -0.2) is 34.9 Å². The van der Waals surface area contributed by atoms with E-state index >= 15 is 0 Å². The van der Waals surface area contributed by atoms with Crippen LogP contribution >= 0.6 is 15.9 Å². The molecule has 1 atom stereocenters. The topological polar surface area (TPSA) is 58.6 Å². The lowest BCUT2D eigenvalue weighted by atomic mass is 10.1. The van der Waals surface area contributed by atoms with E-state index in [2.05, 4.69) is 28.2 Å². The van der Waals surface area contributed by atoms with Crippen molar-refractivity contribution < 1.29 is 14.3 Å². The molecule has 0 aromatic heterocycles. The van der Waals surface area contributed by atoms with Crippen LogP contribution in [0, 0.1) is 6.92 Å². The molecular weight excluding hydrogens is 468 g/mol. The van der Waals surface area contributed by atoms with Crippen molar-refractivity contribution in [3.05, 3.63) is 63.6 Å². The zero-order chi connectivity index (χ0) is 23.9. The Hall–Kier alpha value is -2.34. The van der Waals surface area contributed by atoms with Gasteiger partial charge >= 0.3 is 0 Å². The average molecular weight is 503 g/mol. The number of hydrogen-bond acceptors (Lipinski definition) is 3. The molecule has 2 amide bonds. The molecular formula is C26H35BrN2O3. The number of rotatable bonds is 9. The number of carbonyl (C=O) groups excluding carboxylic acids is 2. The number of carbonyl (C=O) groups is 2. The van der Waals surface area contributed by atoms with Crippen LogP contribution in [0.25, 0.3) is 0 Å². The molecule has 0 fully saturated rings. The van der Waals surface area contributed by atoms with Crippen molar-refractivity contribution in [1.29, 1.82) is 0 Å². The van der Waals surface area contributed by atoms with E-state index in [0.717, 1.165) is 22.0 Å². The third-order valence-corrected chi connectivity index (χ3v) is 5.73. The van der Waals surface area contributed by atoms with Crippen molar-refractivity contribution in [2.24, 2.45) is 0 Å². The summed E-state index contributed by atoms with van der Waals surface area (Å²) >= 11 is 3.52. The Labute approximate surface area is 200 Å². The van der Waals surface area contributed by atoms with Crippen molar-refractivity contribution in [3.8, 4) is 5.75 Å². The zero-order valence-electron chi connectivity index (χ0n) is 20.0. The number of nitrogens with one attached hydrogen (secondary N) is 1. The van der Waals surface area contributed by atoms with Gasteiger partial charge in [0.15, 0.2) is 6.61 Å². The first-order valence-electron chi connectivity index (χ1n) is 11.1. The van der Waals surface area contributed by atoms with Crippen molar-refractivity contribution >= 4 is 27.7 Å². The van der Waals surface area contributed by atoms with E-state index in [1.54, 1.807) is 4.90 Å². The Kier molecular flexibility index (Phi) is 9.32. The number of nitrogens with zero attached hydrogens (tertiary/aromatic N) is 1. The zero-order valence-corrected chi connectivity index (χ0v) is 21.6. The second-order valence-electron chi connectivity index (χ2n) is 9.08. The highest BCUT2D eigenvalue weighted by Crippen LogP contribution is 2.26. The maximum atomic E-state index is 13.3. The first-order valence-corrected chi connectivity index (χ1v) is 11.9. The molecule has 6 heteroatoms. The number of amides is 2. The minimum atomic E-state index is -0.586. The van der Waals surface area contributed by atoms with Crippen molar-refractivity contribution in [2.75, 3.05) is 6.61 Å². The summed E-state index contributed by atoms with van der Waals surface area (Å²) in [7, 11) is 0. The number of ether oxygens (including phenoxy) is 1. The molecule has 0 saturated heterocycles. The van der Waals surface area contributed by atoms with Gasteiger partial charge in [-0.05, 0) is 79.7 Å². The molecule has 1 N–H and O–H groups in total. The summed E-state index contributed by atoms with van der Waals surface area (Å²) in [4.78, 5) is 27.9. The molecule has 32 heavy (non-hydrogen) atoms. The first-order chi connectivity index (χ1) is 15.0. The van der Waals surface area contributed by atoms with Crippen LogP contribution in [0.1, 0.15) is 57.7 Å². The van der Waals surface area contributed by atoms with Gasteiger partial charge in [-0.3, -0.25) is 9.59 Å². The van der Waals surface area contributed by atoms with E-state index in [1.165, 1.54) is 5.56 Å². The highest BCUT2D eigenvalue weighted by Gasteiger charge is 2.31. The van der Waals surface area contributed by atoms with Gasteiger partial charge in [0, 0.05) is 12.1 Å². The van der Waals surface area contributed by atoms with Gasteiger partial charge in [0.25, 0.3) is 5.91 Å². The predicted molar refractivity (Wildman–Crippen MR) is 133 cm³/mol. The minimum Gasteiger partial charge on any atom is -0.483 e. The molecule has 174 valence electrons. The fourth-order valence-corrected chi connectivity index (χ4v) is 3.91. The highest BCUT2D eigenvalue weighted by atomic mass is 79.9. The summed E-state index contributed by atoms with van der Waals surface area (Å²) in [6, 6.07) is 13.3. The van der Waals surface area contributed by atoms with Crippen LogP contribution < -0.4 is 10.1 Å². The third-order valence-electron chi connectivity index (χ3n) is 5.11. The van der Waals surface area contributed by atoms with Crippen LogP contribution in [-0.2, 0) is 22.6 Å². The second-order valence-corrected chi connectivity index (χ2v) is 9.93. The van der Waals surface area contributed by atoms with E-state index in [4.69, 9.17) is 4.74 Å². The standard InChI is InChI=1S/C26H35BrN2O3/c1-7-19-13-14-23(21(27)15-19)32-17-24(30)29(16-20-11-9-18(3)10-12-20)22(8-2)25(31)28-26(4,5)6/h9-15,22H,7-8,16-17H2,1-6H3,(H,28,31). The number of aryl methyl sites for hydroxylation is 2. The molecule has 0 aliphatic rings.